The number of carboxylic acids is 1. The van der Waals surface area contributed by atoms with Gasteiger partial charge >= 0.3 is 5.97 Å². The molecule has 3 atom stereocenters. The Kier molecular flexibility index (Phi) is 4.46. The first-order valence-corrected chi connectivity index (χ1v) is 8.15. The maximum atomic E-state index is 12.5. The lowest BCUT2D eigenvalue weighted by atomic mass is 10.0. The molecule has 2 heterocycles. The predicted molar refractivity (Wildman–Crippen MR) is 83.9 cm³/mol. The van der Waals surface area contributed by atoms with Gasteiger partial charge < -0.3 is 10.0 Å². The van der Waals surface area contributed by atoms with Gasteiger partial charge in [0.15, 0.2) is 0 Å². The number of benzene rings is 1. The smallest absolute Gasteiger partial charge is 0.326 e. The number of likely N-dealkylation sites (tertiary alicyclic amines) is 1. The van der Waals surface area contributed by atoms with E-state index < -0.39 is 12.0 Å². The van der Waals surface area contributed by atoms with Crippen LogP contribution in [-0.4, -0.2) is 40.5 Å². The molecule has 0 saturated carbocycles. The van der Waals surface area contributed by atoms with E-state index in [9.17, 15) is 14.7 Å². The Balaban J connectivity index is 1.66. The lowest BCUT2D eigenvalue weighted by Gasteiger charge is -2.24. The molecule has 6 nitrogen and oxygen atoms in total. The highest BCUT2D eigenvalue weighted by Gasteiger charge is 2.39. The van der Waals surface area contributed by atoms with Crippen LogP contribution in [0.1, 0.15) is 30.9 Å². The topological polar surface area (TPSA) is 81.7 Å². The molecule has 1 aromatic rings. The summed E-state index contributed by atoms with van der Waals surface area (Å²) >= 11 is 3.40. The Morgan fingerprint density at radius 2 is 1.95 bits per heavy atom. The monoisotopic (exact) mass is 367 g/mol. The van der Waals surface area contributed by atoms with Gasteiger partial charge in [-0.3, -0.25) is 4.79 Å². The quantitative estimate of drug-likeness (QED) is 0.752. The molecule has 2 fully saturated rings. The summed E-state index contributed by atoms with van der Waals surface area (Å²) in [5.74, 6) is -1.04. The zero-order chi connectivity index (χ0) is 15.7. The van der Waals surface area contributed by atoms with Gasteiger partial charge in [0, 0.05) is 17.1 Å². The number of hydrazine groups is 1. The van der Waals surface area contributed by atoms with Gasteiger partial charge in [0.25, 0.3) is 0 Å². The third kappa shape index (κ3) is 3.02. The number of carbonyl (C=O) groups excluding carboxylic acids is 1. The summed E-state index contributed by atoms with van der Waals surface area (Å²) in [7, 11) is 0. The predicted octanol–water partition coefficient (Wildman–Crippen LogP) is 1.43. The fourth-order valence-corrected chi connectivity index (χ4v) is 3.38. The molecular weight excluding hydrogens is 350 g/mol. The molecule has 2 aliphatic heterocycles. The van der Waals surface area contributed by atoms with E-state index in [2.05, 4.69) is 26.8 Å². The summed E-state index contributed by atoms with van der Waals surface area (Å²) in [6.07, 6.45) is 1.90. The molecule has 1 aromatic carbocycles. The SMILES string of the molecule is O=C(O)[C@@H]1CCCN1C(=O)C1CC(c2ccc(Br)cc2)NN1. The van der Waals surface area contributed by atoms with Crippen LogP contribution in [0.5, 0.6) is 0 Å². The van der Waals surface area contributed by atoms with Crippen LogP contribution in [0.15, 0.2) is 28.7 Å². The van der Waals surface area contributed by atoms with Crippen LogP contribution < -0.4 is 10.9 Å². The van der Waals surface area contributed by atoms with E-state index in [1.54, 1.807) is 0 Å². The van der Waals surface area contributed by atoms with E-state index in [0.29, 0.717) is 19.4 Å². The average Bonchev–Trinajstić information content (AvgIpc) is 3.17. The summed E-state index contributed by atoms with van der Waals surface area (Å²) < 4.78 is 1.01. The molecule has 0 aliphatic carbocycles. The van der Waals surface area contributed by atoms with Gasteiger partial charge in [0.05, 0.1) is 0 Å². The summed E-state index contributed by atoms with van der Waals surface area (Å²) in [6.45, 7) is 0.525. The van der Waals surface area contributed by atoms with Gasteiger partial charge in [0.1, 0.15) is 12.1 Å². The second-order valence-corrected chi connectivity index (χ2v) is 6.62. The Hall–Kier alpha value is -1.44. The lowest BCUT2D eigenvalue weighted by molar-refractivity contribution is -0.148. The molecule has 2 aliphatic rings. The molecule has 3 rings (SSSR count). The van der Waals surface area contributed by atoms with Crippen molar-refractivity contribution in [1.29, 1.82) is 0 Å². The van der Waals surface area contributed by atoms with Gasteiger partial charge in [-0.25, -0.2) is 15.6 Å². The minimum atomic E-state index is -0.915. The zero-order valence-electron chi connectivity index (χ0n) is 12.0. The largest absolute Gasteiger partial charge is 0.480 e. The fraction of sp³-hybridized carbons (Fsp3) is 0.467. The third-order valence-electron chi connectivity index (χ3n) is 4.29. The van der Waals surface area contributed by atoms with E-state index in [0.717, 1.165) is 16.5 Å². The highest BCUT2D eigenvalue weighted by Crippen LogP contribution is 2.26. The number of carboxylic acid groups (broad SMARTS) is 1. The van der Waals surface area contributed by atoms with Crippen molar-refractivity contribution in [2.24, 2.45) is 0 Å². The second kappa shape index (κ2) is 6.36. The summed E-state index contributed by atoms with van der Waals surface area (Å²) in [4.78, 5) is 25.3. The molecule has 0 spiro atoms. The molecule has 2 unspecified atom stereocenters. The number of hydrogen-bond donors (Lipinski definition) is 3. The maximum absolute atomic E-state index is 12.5. The van der Waals surface area contributed by atoms with E-state index >= 15 is 0 Å². The van der Waals surface area contributed by atoms with Crippen molar-refractivity contribution < 1.29 is 14.7 Å². The Morgan fingerprint density at radius 1 is 1.23 bits per heavy atom. The van der Waals surface area contributed by atoms with Crippen LogP contribution in [0.2, 0.25) is 0 Å². The minimum Gasteiger partial charge on any atom is -0.480 e. The number of nitrogens with one attached hydrogen (secondary N) is 2. The van der Waals surface area contributed by atoms with Crippen molar-refractivity contribution in [2.45, 2.75) is 37.4 Å². The van der Waals surface area contributed by atoms with Gasteiger partial charge in [-0.15, -0.1) is 0 Å². The van der Waals surface area contributed by atoms with Crippen LogP contribution in [0.25, 0.3) is 0 Å². The van der Waals surface area contributed by atoms with Crippen molar-refractivity contribution in [3.63, 3.8) is 0 Å². The Labute approximate surface area is 137 Å². The van der Waals surface area contributed by atoms with E-state index in [1.165, 1.54) is 4.90 Å². The molecule has 7 heteroatoms. The Bertz CT molecular complexity index is 578. The van der Waals surface area contributed by atoms with Crippen LogP contribution in [0.3, 0.4) is 0 Å². The molecule has 22 heavy (non-hydrogen) atoms. The van der Waals surface area contributed by atoms with Crippen LogP contribution in [0.4, 0.5) is 0 Å². The van der Waals surface area contributed by atoms with Gasteiger partial charge in [-0.05, 0) is 37.0 Å². The molecule has 0 bridgehead atoms. The second-order valence-electron chi connectivity index (χ2n) is 5.71. The Morgan fingerprint density at radius 3 is 2.64 bits per heavy atom. The molecular formula is C15H18BrN3O3. The normalized spacial score (nSPS) is 28.0. The van der Waals surface area contributed by atoms with E-state index in [1.807, 2.05) is 24.3 Å². The zero-order valence-corrected chi connectivity index (χ0v) is 13.5. The standard InChI is InChI=1S/C15H18BrN3O3/c16-10-5-3-9(4-6-10)11-8-12(18-17-11)14(20)19-7-1-2-13(19)15(21)22/h3-6,11-13,17-18H,1-2,7-8H2,(H,21,22)/t11?,12?,13-/m0/s1. The number of nitrogens with zero attached hydrogens (tertiary/aromatic N) is 1. The lowest BCUT2D eigenvalue weighted by Crippen LogP contribution is -2.49. The van der Waals surface area contributed by atoms with E-state index in [-0.39, 0.29) is 18.0 Å². The van der Waals surface area contributed by atoms with Crippen molar-refractivity contribution >= 4 is 27.8 Å². The maximum Gasteiger partial charge on any atom is 0.326 e. The summed E-state index contributed by atoms with van der Waals surface area (Å²) in [5, 5.41) is 9.20. The average molecular weight is 368 g/mol. The first-order chi connectivity index (χ1) is 10.6. The summed E-state index contributed by atoms with van der Waals surface area (Å²) in [6, 6.07) is 6.93. The third-order valence-corrected chi connectivity index (χ3v) is 4.82. The molecule has 2 saturated heterocycles. The number of rotatable bonds is 3. The molecule has 0 aromatic heterocycles. The summed E-state index contributed by atoms with van der Waals surface area (Å²) in [5.41, 5.74) is 7.24. The highest BCUT2D eigenvalue weighted by atomic mass is 79.9. The fourth-order valence-electron chi connectivity index (χ4n) is 3.12. The molecule has 1 amide bonds. The van der Waals surface area contributed by atoms with Gasteiger partial charge in [-0.1, -0.05) is 28.1 Å². The van der Waals surface area contributed by atoms with E-state index in [4.69, 9.17) is 0 Å². The minimum absolute atomic E-state index is 0.0490. The molecule has 0 radical (unpaired) electrons. The molecule has 3 N–H and O–H groups in total. The number of halogens is 1. The van der Waals surface area contributed by atoms with Gasteiger partial charge in [0.2, 0.25) is 5.91 Å². The number of amides is 1. The van der Waals surface area contributed by atoms with Crippen molar-refractivity contribution in [3.8, 4) is 0 Å². The first kappa shape index (κ1) is 15.5. The van der Waals surface area contributed by atoms with Gasteiger partial charge in [-0.2, -0.15) is 0 Å². The highest BCUT2D eigenvalue weighted by molar-refractivity contribution is 9.10. The van der Waals surface area contributed by atoms with Crippen molar-refractivity contribution in [1.82, 2.24) is 15.8 Å². The number of hydrogen-bond acceptors (Lipinski definition) is 4. The van der Waals surface area contributed by atoms with Crippen LogP contribution in [-0.2, 0) is 9.59 Å². The van der Waals surface area contributed by atoms with Crippen molar-refractivity contribution in [3.05, 3.63) is 34.3 Å². The number of aliphatic carboxylic acids is 1. The molecule has 118 valence electrons. The van der Waals surface area contributed by atoms with Crippen LogP contribution in [0, 0.1) is 0 Å². The van der Waals surface area contributed by atoms with Crippen LogP contribution >= 0.6 is 15.9 Å². The first-order valence-electron chi connectivity index (χ1n) is 7.36. The number of carbonyl (C=O) groups is 2. The van der Waals surface area contributed by atoms with Crippen molar-refractivity contribution in [2.75, 3.05) is 6.54 Å².